The van der Waals surface area contributed by atoms with E-state index in [0.29, 0.717) is 38.6 Å². The number of ketones is 2. The first-order valence-electron chi connectivity index (χ1n) is 21.6. The Balaban J connectivity index is 1.14. The summed E-state index contributed by atoms with van der Waals surface area (Å²) < 4.78 is 27.7. The number of sulfonamides is 1. The van der Waals surface area contributed by atoms with Crippen molar-refractivity contribution in [1.29, 1.82) is 0 Å². The van der Waals surface area contributed by atoms with Crippen LogP contribution >= 0.6 is 0 Å². The first kappa shape index (κ1) is 40.8. The number of carbonyl (C=O) groups excluding carboxylic acids is 5. The predicted molar refractivity (Wildman–Crippen MR) is 210 cm³/mol. The third-order valence-corrected chi connectivity index (χ3v) is 18.3. The lowest BCUT2D eigenvalue weighted by atomic mass is 9.73. The lowest BCUT2D eigenvalue weighted by Crippen LogP contribution is -2.59. The van der Waals surface area contributed by atoms with Gasteiger partial charge in [-0.2, -0.15) is 0 Å². The molecule has 11 nitrogen and oxygen atoms in total. The summed E-state index contributed by atoms with van der Waals surface area (Å²) in [6.45, 7) is 16.5. The first-order chi connectivity index (χ1) is 25.6. The highest BCUT2D eigenvalue weighted by Gasteiger charge is 2.85. The van der Waals surface area contributed by atoms with Gasteiger partial charge < -0.3 is 10.2 Å². The minimum Gasteiger partial charge on any atom is -0.344 e. The van der Waals surface area contributed by atoms with E-state index in [1.165, 1.54) is 0 Å². The van der Waals surface area contributed by atoms with Gasteiger partial charge >= 0.3 is 0 Å². The minimum atomic E-state index is -3.75. The van der Waals surface area contributed by atoms with Crippen molar-refractivity contribution in [3.05, 3.63) is 0 Å². The number of nitrogens with zero attached hydrogens (tertiary/aromatic N) is 2. The van der Waals surface area contributed by atoms with E-state index in [9.17, 15) is 27.6 Å². The monoisotopic (exact) mass is 784 g/mol. The summed E-state index contributed by atoms with van der Waals surface area (Å²) in [6, 6.07) is -1.43. The highest BCUT2D eigenvalue weighted by atomic mass is 32.2. The largest absolute Gasteiger partial charge is 0.344 e. The molecule has 2 aliphatic heterocycles. The van der Waals surface area contributed by atoms with Gasteiger partial charge in [0.1, 0.15) is 0 Å². The molecule has 3 amide bonds. The molecule has 7 aliphatic rings. The fraction of sp³-hybridized carbons (Fsp3) is 0.884. The second-order valence-electron chi connectivity index (χ2n) is 21.1. The number of nitrogens with one attached hydrogen (secondary N) is 2. The Bertz CT molecular complexity index is 1690. The summed E-state index contributed by atoms with van der Waals surface area (Å²) in [4.78, 5) is 75.8. The molecule has 12 heteroatoms. The molecule has 0 bridgehead atoms. The van der Waals surface area contributed by atoms with Gasteiger partial charge in [0.05, 0.1) is 28.3 Å². The summed E-state index contributed by atoms with van der Waals surface area (Å²) in [5.41, 5.74) is -2.67. The van der Waals surface area contributed by atoms with E-state index in [2.05, 4.69) is 28.8 Å². The second kappa shape index (κ2) is 13.9. The quantitative estimate of drug-likeness (QED) is 0.228. The van der Waals surface area contributed by atoms with Gasteiger partial charge in [-0.15, -0.1) is 0 Å². The molecule has 2 heterocycles. The summed E-state index contributed by atoms with van der Waals surface area (Å²) in [7, 11) is -3.75. The summed E-state index contributed by atoms with van der Waals surface area (Å²) in [5, 5.41) is 2.70. The number of carbonyl (C=O) groups is 5. The molecule has 0 unspecified atom stereocenters. The Labute approximate surface area is 329 Å². The molecule has 5 aliphatic carbocycles. The number of rotatable bonds is 14. The van der Waals surface area contributed by atoms with Crippen LogP contribution in [0.1, 0.15) is 158 Å². The van der Waals surface area contributed by atoms with Crippen molar-refractivity contribution in [1.82, 2.24) is 19.8 Å². The van der Waals surface area contributed by atoms with Crippen LogP contribution < -0.4 is 10.0 Å². The van der Waals surface area contributed by atoms with Crippen LogP contribution in [0.5, 0.6) is 0 Å². The molecule has 0 aromatic heterocycles. The second-order valence-corrected chi connectivity index (χ2v) is 23.1. The fourth-order valence-corrected chi connectivity index (χ4v) is 13.3. The Hall–Kier alpha value is -2.34. The molecule has 0 aromatic carbocycles. The SMILES string of the molecule is CC(C)(C)[C@H](CC(=O)[C@@H](NC(=O)C(C)(C)N1CCCC1)C1CCCCC1)C(=O)N1C[C@]2(C[C@H]1C(=O)CC1(C(=O)NS(=O)(=O)C3CC3)CC1)C(C)(C)C21CCC1. The normalized spacial score (nSPS) is 29.7. The van der Waals surface area contributed by atoms with Crippen molar-refractivity contribution in [3.63, 3.8) is 0 Å². The van der Waals surface area contributed by atoms with Gasteiger partial charge in [0, 0.05) is 30.7 Å². The average molecular weight is 785 g/mol. The van der Waals surface area contributed by atoms with E-state index in [1.54, 1.807) is 4.90 Å². The van der Waals surface area contributed by atoms with E-state index in [4.69, 9.17) is 0 Å². The van der Waals surface area contributed by atoms with E-state index in [1.807, 2.05) is 34.6 Å². The summed E-state index contributed by atoms with van der Waals surface area (Å²) >= 11 is 0. The van der Waals surface area contributed by atoms with Gasteiger partial charge in [0.2, 0.25) is 27.7 Å². The number of hydrogen-bond acceptors (Lipinski definition) is 8. The van der Waals surface area contributed by atoms with Crippen LogP contribution in [0.4, 0.5) is 0 Å². The third-order valence-electron chi connectivity index (χ3n) is 16.5. The van der Waals surface area contributed by atoms with Crippen molar-refractivity contribution in [2.24, 2.45) is 38.9 Å². The molecule has 55 heavy (non-hydrogen) atoms. The maximum atomic E-state index is 15.2. The number of Topliss-reactive ketones (excluding diaryl/α,β-unsaturated/α-hetero) is 2. The molecular weight excluding hydrogens is 717 g/mol. The van der Waals surface area contributed by atoms with E-state index >= 15 is 4.79 Å². The van der Waals surface area contributed by atoms with Gasteiger partial charge in [-0.05, 0) is 120 Å². The molecule has 308 valence electrons. The molecule has 0 aromatic rings. The Morgan fingerprint density at radius 3 is 1.93 bits per heavy atom. The number of fused-ring (bicyclic) bond motifs is 1. The average Bonchev–Trinajstić information content (AvgIpc) is 4.04. The standard InChI is InChI=1S/C43H68N4O7S/c1-38(2,3)30(24-32(48)34(28-14-9-8-10-15-28)44-36(51)39(4,5)46-22-11-12-23-46)35(50)47-27-43(40(6,7)42(43)18-13-19-42)25-31(47)33(49)26-41(20-21-41)37(52)45-55(53,54)29-16-17-29/h28-31,34H,8-27H2,1-7H3,(H,44,51)(H,45,52)/t30-,31+,34+,43-/m1/s1. The van der Waals surface area contributed by atoms with Gasteiger partial charge in [-0.25, -0.2) is 8.42 Å². The zero-order valence-electron chi connectivity index (χ0n) is 34.7. The highest BCUT2D eigenvalue weighted by Crippen LogP contribution is 2.88. The zero-order chi connectivity index (χ0) is 40.0. The molecule has 0 radical (unpaired) electrons. The molecule has 7 rings (SSSR count). The van der Waals surface area contributed by atoms with Gasteiger partial charge in [-0.3, -0.25) is 33.6 Å². The van der Waals surface area contributed by atoms with E-state index in [0.717, 1.165) is 77.3 Å². The van der Waals surface area contributed by atoms with Gasteiger partial charge in [0.15, 0.2) is 11.6 Å². The Morgan fingerprint density at radius 2 is 1.42 bits per heavy atom. The van der Waals surface area contributed by atoms with Crippen LogP contribution in [0, 0.1) is 38.9 Å². The van der Waals surface area contributed by atoms with Crippen molar-refractivity contribution >= 4 is 39.3 Å². The molecule has 5 saturated carbocycles. The van der Waals surface area contributed by atoms with Crippen LogP contribution in [0.15, 0.2) is 0 Å². The van der Waals surface area contributed by atoms with Gasteiger partial charge in [-0.1, -0.05) is 60.3 Å². The lowest BCUT2D eigenvalue weighted by molar-refractivity contribution is -0.147. The lowest BCUT2D eigenvalue weighted by Gasteiger charge is -2.39. The highest BCUT2D eigenvalue weighted by molar-refractivity contribution is 7.90. The molecule has 7 fully saturated rings. The zero-order valence-corrected chi connectivity index (χ0v) is 35.5. The molecule has 2 N–H and O–H groups in total. The van der Waals surface area contributed by atoms with Crippen molar-refractivity contribution in [3.8, 4) is 0 Å². The van der Waals surface area contributed by atoms with Crippen molar-refractivity contribution < 1.29 is 32.4 Å². The van der Waals surface area contributed by atoms with Crippen LogP contribution in [0.3, 0.4) is 0 Å². The van der Waals surface area contributed by atoms with Crippen LogP contribution in [0.25, 0.3) is 0 Å². The fourth-order valence-electron chi connectivity index (χ4n) is 11.9. The topological polar surface area (TPSA) is 150 Å². The maximum Gasteiger partial charge on any atom is 0.240 e. The Morgan fingerprint density at radius 1 is 0.800 bits per heavy atom. The first-order valence-corrected chi connectivity index (χ1v) is 23.2. The number of likely N-dealkylation sites (tertiary alicyclic amines) is 2. The molecule has 2 spiro atoms. The maximum absolute atomic E-state index is 15.2. The number of amides is 3. The predicted octanol–water partition coefficient (Wildman–Crippen LogP) is 5.69. The van der Waals surface area contributed by atoms with E-state index < -0.39 is 55.6 Å². The minimum absolute atomic E-state index is 0.00928. The molecule has 2 saturated heterocycles. The summed E-state index contributed by atoms with van der Waals surface area (Å²) in [6.07, 6.45) is 12.5. The smallest absolute Gasteiger partial charge is 0.240 e. The summed E-state index contributed by atoms with van der Waals surface area (Å²) in [5.74, 6) is -1.96. The number of hydrogen-bond donors (Lipinski definition) is 2. The van der Waals surface area contributed by atoms with Crippen LogP contribution in [-0.2, 0) is 34.0 Å². The Kier molecular flexibility index (Phi) is 10.3. The van der Waals surface area contributed by atoms with Crippen molar-refractivity contribution in [2.45, 2.75) is 180 Å². The van der Waals surface area contributed by atoms with Crippen LogP contribution in [-0.4, -0.2) is 90.0 Å². The molecule has 4 atom stereocenters. The van der Waals surface area contributed by atoms with Crippen molar-refractivity contribution in [2.75, 3.05) is 19.6 Å². The van der Waals surface area contributed by atoms with E-state index in [-0.39, 0.29) is 58.4 Å². The van der Waals surface area contributed by atoms with Gasteiger partial charge in [0.25, 0.3) is 0 Å². The molecular formula is C43H68N4O7S. The van der Waals surface area contributed by atoms with Crippen LogP contribution in [0.2, 0.25) is 0 Å². The third kappa shape index (κ3) is 6.92.